The van der Waals surface area contributed by atoms with Gasteiger partial charge in [0.2, 0.25) is 0 Å². The summed E-state index contributed by atoms with van der Waals surface area (Å²) in [5.74, 6) is 1.87. The van der Waals surface area contributed by atoms with Crippen LogP contribution in [-0.2, 0) is 21.7 Å². The molecule has 3 aromatic heterocycles. The Morgan fingerprint density at radius 3 is 1.04 bits per heavy atom. The van der Waals surface area contributed by atoms with E-state index in [2.05, 4.69) is 317 Å². The average Bonchev–Trinajstić information content (AvgIpc) is 2.57. The van der Waals surface area contributed by atoms with Gasteiger partial charge in [0.1, 0.15) is 0 Å². The first-order valence-electron chi connectivity index (χ1n) is 29.7. The van der Waals surface area contributed by atoms with E-state index in [1.807, 2.05) is 0 Å². The van der Waals surface area contributed by atoms with Gasteiger partial charge in [-0.15, -0.1) is 0 Å². The highest BCUT2D eigenvalue weighted by Gasteiger charge is 2.28. The molecule has 5 nitrogen and oxygen atoms in total. The van der Waals surface area contributed by atoms with Gasteiger partial charge < -0.3 is 9.13 Å². The van der Waals surface area contributed by atoms with Gasteiger partial charge in [-0.25, -0.2) is 15.0 Å². The first kappa shape index (κ1) is 54.1. The fraction of sp³-hybridized carbons (Fsp3) is 0.203. The highest BCUT2D eigenvalue weighted by atomic mass is 15.1. The molecule has 13 aromatic rings. The molecule has 0 N–H and O–H groups in total. The summed E-state index contributed by atoms with van der Waals surface area (Å²) in [6.07, 6.45) is 0. The molecule has 84 heavy (non-hydrogen) atoms. The van der Waals surface area contributed by atoms with E-state index in [1.54, 1.807) is 0 Å². The largest absolute Gasteiger partial charge is 0.309 e. The molecular weight excluding hydrogens is 1020 g/mol. The Morgan fingerprint density at radius 2 is 0.595 bits per heavy atom. The third kappa shape index (κ3) is 9.89. The van der Waals surface area contributed by atoms with Gasteiger partial charge in [-0.3, -0.25) is 0 Å². The normalized spacial score (nSPS) is 12.5. The standard InChI is InChI=1S/C79H73N5/c1-76(2,3)57-41-55(42-58(48-57)77(4,5)6)73-80-74(56-43-59(78(7,8)9)49-60(44-56)79(10,11)12)82-75(81-73)66-47-54(37-40-72(66)84-69-34-24-21-31-63(69)65-46-53(36-39-71(65)84)51-27-17-14-18-28-51)61-29-19-22-32-67(61)83-68-33-23-20-30-62(68)64-45-52(35-38-70(64)83)50-25-15-13-16-26-50/h13-49H,1-12H3. The Hall–Kier alpha value is -9.19. The molecule has 0 aliphatic heterocycles. The van der Waals surface area contributed by atoms with E-state index in [0.717, 1.165) is 61.3 Å². The predicted molar refractivity (Wildman–Crippen MR) is 356 cm³/mol. The minimum Gasteiger partial charge on any atom is -0.309 e. The first-order chi connectivity index (χ1) is 40.2. The first-order valence-corrected chi connectivity index (χ1v) is 29.7. The predicted octanol–water partition coefficient (Wildman–Crippen LogP) is 21.3. The number of aromatic nitrogens is 5. The minimum atomic E-state index is -0.135. The molecule has 0 radical (unpaired) electrons. The van der Waals surface area contributed by atoms with Crippen LogP contribution in [0.5, 0.6) is 0 Å². The molecular formula is C79H73N5. The van der Waals surface area contributed by atoms with Crippen LogP contribution in [0.1, 0.15) is 105 Å². The van der Waals surface area contributed by atoms with Gasteiger partial charge in [0.25, 0.3) is 0 Å². The second kappa shape index (κ2) is 20.3. The minimum absolute atomic E-state index is 0.135. The smallest absolute Gasteiger partial charge is 0.166 e. The maximum Gasteiger partial charge on any atom is 0.166 e. The van der Waals surface area contributed by atoms with Crippen LogP contribution in [0.3, 0.4) is 0 Å². The molecule has 0 unspecified atom stereocenters. The summed E-state index contributed by atoms with van der Waals surface area (Å²) < 4.78 is 4.88. The monoisotopic (exact) mass is 1090 g/mol. The summed E-state index contributed by atoms with van der Waals surface area (Å²) in [4.78, 5) is 17.1. The van der Waals surface area contributed by atoms with Crippen molar-refractivity contribution in [1.29, 1.82) is 0 Å². The fourth-order valence-electron chi connectivity index (χ4n) is 12.1. The van der Waals surface area contributed by atoms with Crippen molar-refractivity contribution in [2.45, 2.75) is 105 Å². The topological polar surface area (TPSA) is 48.5 Å². The molecule has 0 aliphatic carbocycles. The molecule has 414 valence electrons. The van der Waals surface area contributed by atoms with E-state index in [4.69, 9.17) is 15.0 Å². The lowest BCUT2D eigenvalue weighted by Crippen LogP contribution is -2.17. The van der Waals surface area contributed by atoms with Gasteiger partial charge in [0.15, 0.2) is 17.5 Å². The van der Waals surface area contributed by atoms with Gasteiger partial charge in [0, 0.05) is 43.8 Å². The molecule has 3 heterocycles. The second-order valence-electron chi connectivity index (χ2n) is 27.1. The molecule has 0 saturated carbocycles. The summed E-state index contributed by atoms with van der Waals surface area (Å²) in [7, 11) is 0. The Balaban J connectivity index is 1.12. The SMILES string of the molecule is CC(C)(C)c1cc(-c2nc(-c3cc(C(C)(C)C)cc(C(C)(C)C)c3)nc(-c3cc(-c4ccccc4-n4c5ccccc5c5cc(-c6ccccc6)ccc54)ccc3-n3c4ccccc4c4cc(-c5ccccc5)ccc43)n2)cc(C(C)(C)C)c1. The quantitative estimate of drug-likeness (QED) is 0.152. The van der Waals surface area contributed by atoms with Crippen LogP contribution in [0.25, 0.3) is 123 Å². The Morgan fingerprint density at radius 1 is 0.238 bits per heavy atom. The Kier molecular flexibility index (Phi) is 13.1. The van der Waals surface area contributed by atoms with Gasteiger partial charge in [-0.2, -0.15) is 0 Å². The van der Waals surface area contributed by atoms with Crippen molar-refractivity contribution in [3.8, 4) is 78.9 Å². The highest BCUT2D eigenvalue weighted by Crippen LogP contribution is 2.44. The van der Waals surface area contributed by atoms with Crippen LogP contribution < -0.4 is 0 Å². The maximum atomic E-state index is 5.75. The lowest BCUT2D eigenvalue weighted by atomic mass is 9.79. The third-order valence-corrected chi connectivity index (χ3v) is 17.0. The second-order valence-corrected chi connectivity index (χ2v) is 27.1. The summed E-state index contributed by atoms with van der Waals surface area (Å²) >= 11 is 0. The number of rotatable bonds is 8. The average molecular weight is 1090 g/mol. The third-order valence-electron chi connectivity index (χ3n) is 17.0. The van der Waals surface area contributed by atoms with Gasteiger partial charge >= 0.3 is 0 Å². The zero-order valence-corrected chi connectivity index (χ0v) is 50.6. The van der Waals surface area contributed by atoms with Crippen molar-refractivity contribution in [3.05, 3.63) is 247 Å². The molecule has 0 bridgehead atoms. The van der Waals surface area contributed by atoms with E-state index >= 15 is 0 Å². The molecule has 10 aromatic carbocycles. The maximum absolute atomic E-state index is 5.75. The lowest BCUT2D eigenvalue weighted by molar-refractivity contribution is 0.568. The summed E-state index contributed by atoms with van der Waals surface area (Å²) in [5, 5.41) is 4.76. The van der Waals surface area contributed by atoms with Crippen LogP contribution >= 0.6 is 0 Å². The number of fused-ring (bicyclic) bond motifs is 6. The van der Waals surface area contributed by atoms with Crippen molar-refractivity contribution in [3.63, 3.8) is 0 Å². The number of nitrogens with zero attached hydrogens (tertiary/aromatic N) is 5. The lowest BCUT2D eigenvalue weighted by Gasteiger charge is -2.26. The number of benzene rings is 10. The number of hydrogen-bond donors (Lipinski definition) is 0. The fourth-order valence-corrected chi connectivity index (χ4v) is 12.1. The molecule has 0 atom stereocenters. The Bertz CT molecular complexity index is 4520. The van der Waals surface area contributed by atoms with Gasteiger partial charge in [-0.05, 0) is 151 Å². The van der Waals surface area contributed by atoms with Crippen LogP contribution in [0, 0.1) is 0 Å². The van der Waals surface area contributed by atoms with Crippen LogP contribution in [0.2, 0.25) is 0 Å². The summed E-state index contributed by atoms with van der Waals surface area (Å²) in [6, 6.07) is 82.6. The van der Waals surface area contributed by atoms with Crippen molar-refractivity contribution < 1.29 is 0 Å². The molecule has 0 spiro atoms. The molecule has 13 rings (SSSR count). The van der Waals surface area contributed by atoms with Crippen LogP contribution in [-0.4, -0.2) is 24.1 Å². The summed E-state index contributed by atoms with van der Waals surface area (Å²) in [6.45, 7) is 27.5. The van der Waals surface area contributed by atoms with Gasteiger partial charge in [0.05, 0.1) is 33.4 Å². The molecule has 0 saturated heterocycles. The van der Waals surface area contributed by atoms with Crippen molar-refractivity contribution in [2.24, 2.45) is 0 Å². The van der Waals surface area contributed by atoms with E-state index in [9.17, 15) is 0 Å². The van der Waals surface area contributed by atoms with Crippen molar-refractivity contribution >= 4 is 43.6 Å². The van der Waals surface area contributed by atoms with Crippen molar-refractivity contribution in [2.75, 3.05) is 0 Å². The molecule has 0 aliphatic rings. The number of hydrogen-bond acceptors (Lipinski definition) is 3. The van der Waals surface area contributed by atoms with Crippen LogP contribution in [0.15, 0.2) is 224 Å². The molecule has 0 amide bonds. The van der Waals surface area contributed by atoms with E-state index < -0.39 is 0 Å². The molecule has 5 heteroatoms. The molecule has 0 fully saturated rings. The zero-order chi connectivity index (χ0) is 58.5. The Labute approximate surface area is 495 Å². The highest BCUT2D eigenvalue weighted by molar-refractivity contribution is 6.12. The van der Waals surface area contributed by atoms with Crippen molar-refractivity contribution in [1.82, 2.24) is 24.1 Å². The van der Waals surface area contributed by atoms with Crippen LogP contribution in [0.4, 0.5) is 0 Å². The summed E-state index contributed by atoms with van der Waals surface area (Å²) in [5.41, 5.74) is 20.6. The number of para-hydroxylation sites is 3. The van der Waals surface area contributed by atoms with Gasteiger partial charge in [-0.1, -0.05) is 229 Å². The van der Waals surface area contributed by atoms with E-state index in [0.29, 0.717) is 17.5 Å². The van der Waals surface area contributed by atoms with E-state index in [-0.39, 0.29) is 21.7 Å². The zero-order valence-electron chi connectivity index (χ0n) is 50.6. The van der Waals surface area contributed by atoms with E-state index in [1.165, 1.54) is 66.1 Å².